The standard InChI is InChI=1S/C17H14ClN3O2/c1-10-2-4-11(5-3-10)16(22)20-21-17(23)15-9-12-8-13(18)6-7-14(12)19-15/h2-9,19H,1H3,(H,20,22)(H,21,23). The Morgan fingerprint density at radius 2 is 1.65 bits per heavy atom. The van der Waals surface area contributed by atoms with E-state index in [4.69, 9.17) is 11.6 Å². The SMILES string of the molecule is Cc1ccc(C(=O)NNC(=O)c2cc3cc(Cl)ccc3[nH]2)cc1. The van der Waals surface area contributed by atoms with Gasteiger partial charge >= 0.3 is 0 Å². The Bertz CT molecular complexity index is 884. The van der Waals surface area contributed by atoms with Gasteiger partial charge in [-0.3, -0.25) is 20.4 Å². The van der Waals surface area contributed by atoms with E-state index in [-0.39, 0.29) is 5.91 Å². The first-order valence-electron chi connectivity index (χ1n) is 6.98. The molecule has 0 fully saturated rings. The van der Waals surface area contributed by atoms with Gasteiger partial charge in [0.1, 0.15) is 5.69 Å². The minimum atomic E-state index is -0.433. The van der Waals surface area contributed by atoms with Gasteiger partial charge in [-0.15, -0.1) is 0 Å². The number of aromatic amines is 1. The summed E-state index contributed by atoms with van der Waals surface area (Å²) < 4.78 is 0. The number of rotatable bonds is 2. The molecule has 0 radical (unpaired) electrons. The molecule has 0 saturated carbocycles. The van der Waals surface area contributed by atoms with E-state index in [9.17, 15) is 9.59 Å². The molecule has 6 heteroatoms. The molecule has 1 aromatic heterocycles. The molecule has 0 atom stereocenters. The van der Waals surface area contributed by atoms with Crippen molar-refractivity contribution in [3.8, 4) is 0 Å². The van der Waals surface area contributed by atoms with Crippen molar-refractivity contribution in [1.82, 2.24) is 15.8 Å². The highest BCUT2D eigenvalue weighted by Gasteiger charge is 2.11. The highest BCUT2D eigenvalue weighted by molar-refractivity contribution is 6.31. The summed E-state index contributed by atoms with van der Waals surface area (Å²) in [6.45, 7) is 1.94. The second kappa shape index (κ2) is 6.14. The van der Waals surface area contributed by atoms with Crippen LogP contribution in [0.5, 0.6) is 0 Å². The number of hydrogen-bond acceptors (Lipinski definition) is 2. The maximum absolute atomic E-state index is 12.1. The number of aromatic nitrogens is 1. The van der Waals surface area contributed by atoms with Crippen LogP contribution in [-0.4, -0.2) is 16.8 Å². The van der Waals surface area contributed by atoms with Crippen LogP contribution in [0.2, 0.25) is 5.02 Å². The first kappa shape index (κ1) is 15.1. The summed E-state index contributed by atoms with van der Waals surface area (Å²) in [4.78, 5) is 27.0. The number of carbonyl (C=O) groups is 2. The topological polar surface area (TPSA) is 74.0 Å². The zero-order valence-corrected chi connectivity index (χ0v) is 13.1. The summed E-state index contributed by atoms with van der Waals surface area (Å²) in [6.07, 6.45) is 0. The minimum absolute atomic E-state index is 0.339. The predicted molar refractivity (Wildman–Crippen MR) is 89.4 cm³/mol. The third-order valence-corrected chi connectivity index (χ3v) is 3.67. The summed E-state index contributed by atoms with van der Waals surface area (Å²) in [7, 11) is 0. The molecule has 3 aromatic rings. The van der Waals surface area contributed by atoms with Crippen molar-refractivity contribution in [3.63, 3.8) is 0 Å². The largest absolute Gasteiger partial charge is 0.350 e. The molecule has 0 aliphatic heterocycles. The van der Waals surface area contributed by atoms with Crippen molar-refractivity contribution in [1.29, 1.82) is 0 Å². The van der Waals surface area contributed by atoms with Crippen LogP contribution in [0.3, 0.4) is 0 Å². The summed E-state index contributed by atoms with van der Waals surface area (Å²) in [5.74, 6) is -0.810. The van der Waals surface area contributed by atoms with Crippen molar-refractivity contribution in [2.45, 2.75) is 6.92 Å². The van der Waals surface area contributed by atoms with Gasteiger partial charge in [-0.05, 0) is 43.3 Å². The highest BCUT2D eigenvalue weighted by atomic mass is 35.5. The molecule has 0 aliphatic carbocycles. The number of fused-ring (bicyclic) bond motifs is 1. The number of benzene rings is 2. The zero-order chi connectivity index (χ0) is 16.4. The summed E-state index contributed by atoms with van der Waals surface area (Å²) in [6, 6.07) is 14.0. The number of H-pyrrole nitrogens is 1. The smallest absolute Gasteiger partial charge is 0.286 e. The normalized spacial score (nSPS) is 10.5. The van der Waals surface area contributed by atoms with Crippen LogP contribution in [0.1, 0.15) is 26.4 Å². The molecule has 116 valence electrons. The number of carbonyl (C=O) groups excluding carboxylic acids is 2. The van der Waals surface area contributed by atoms with Crippen molar-refractivity contribution in [2.24, 2.45) is 0 Å². The van der Waals surface area contributed by atoms with Gasteiger partial charge in [-0.25, -0.2) is 0 Å². The fourth-order valence-corrected chi connectivity index (χ4v) is 2.36. The molecule has 3 rings (SSSR count). The molecule has 5 nitrogen and oxygen atoms in total. The van der Waals surface area contributed by atoms with Gasteiger partial charge in [0, 0.05) is 21.5 Å². The number of hydrogen-bond donors (Lipinski definition) is 3. The molecule has 1 heterocycles. The van der Waals surface area contributed by atoms with Crippen LogP contribution in [0, 0.1) is 6.92 Å². The minimum Gasteiger partial charge on any atom is -0.350 e. The average molecular weight is 328 g/mol. The lowest BCUT2D eigenvalue weighted by Gasteiger charge is -2.06. The number of hydrazine groups is 1. The van der Waals surface area contributed by atoms with E-state index in [0.29, 0.717) is 16.3 Å². The molecule has 0 saturated heterocycles. The Kier molecular flexibility index (Phi) is 4.04. The average Bonchev–Trinajstić information content (AvgIpc) is 2.96. The third-order valence-electron chi connectivity index (χ3n) is 3.43. The van der Waals surface area contributed by atoms with Crippen LogP contribution in [0.25, 0.3) is 10.9 Å². The van der Waals surface area contributed by atoms with Crippen LogP contribution >= 0.6 is 11.6 Å². The van der Waals surface area contributed by atoms with E-state index < -0.39 is 5.91 Å². The van der Waals surface area contributed by atoms with Crippen LogP contribution < -0.4 is 10.9 Å². The monoisotopic (exact) mass is 327 g/mol. The van der Waals surface area contributed by atoms with E-state index in [1.807, 2.05) is 19.1 Å². The molecule has 0 bridgehead atoms. The van der Waals surface area contributed by atoms with Crippen molar-refractivity contribution < 1.29 is 9.59 Å². The van der Waals surface area contributed by atoms with Gasteiger partial charge in [0.15, 0.2) is 0 Å². The second-order valence-electron chi connectivity index (χ2n) is 5.19. The van der Waals surface area contributed by atoms with E-state index in [2.05, 4.69) is 15.8 Å². The van der Waals surface area contributed by atoms with E-state index >= 15 is 0 Å². The van der Waals surface area contributed by atoms with Gasteiger partial charge in [-0.1, -0.05) is 29.3 Å². The molecule has 2 amide bonds. The van der Waals surface area contributed by atoms with Crippen LogP contribution in [-0.2, 0) is 0 Å². The predicted octanol–water partition coefficient (Wildman–Crippen LogP) is 3.20. The zero-order valence-electron chi connectivity index (χ0n) is 12.3. The van der Waals surface area contributed by atoms with Gasteiger partial charge in [0.2, 0.25) is 0 Å². The fraction of sp³-hybridized carbons (Fsp3) is 0.0588. The first-order chi connectivity index (χ1) is 11.0. The lowest BCUT2D eigenvalue weighted by Crippen LogP contribution is -2.41. The van der Waals surface area contributed by atoms with Crippen molar-refractivity contribution in [2.75, 3.05) is 0 Å². The molecular formula is C17H14ClN3O2. The third kappa shape index (κ3) is 3.35. The number of halogens is 1. The summed E-state index contributed by atoms with van der Waals surface area (Å²) >= 11 is 5.92. The number of amides is 2. The Morgan fingerprint density at radius 1 is 0.957 bits per heavy atom. The van der Waals surface area contributed by atoms with E-state index in [1.54, 1.807) is 36.4 Å². The second-order valence-corrected chi connectivity index (χ2v) is 5.63. The lowest BCUT2D eigenvalue weighted by molar-refractivity contribution is 0.0844. The lowest BCUT2D eigenvalue weighted by atomic mass is 10.1. The van der Waals surface area contributed by atoms with E-state index in [1.165, 1.54) is 0 Å². The maximum atomic E-state index is 12.1. The van der Waals surface area contributed by atoms with Gasteiger partial charge in [0.05, 0.1) is 0 Å². The Balaban J connectivity index is 1.68. The number of aryl methyl sites for hydroxylation is 1. The molecule has 2 aromatic carbocycles. The summed E-state index contributed by atoms with van der Waals surface area (Å²) in [5, 5.41) is 1.42. The first-order valence-corrected chi connectivity index (χ1v) is 7.36. The molecule has 0 unspecified atom stereocenters. The fourth-order valence-electron chi connectivity index (χ4n) is 2.18. The highest BCUT2D eigenvalue weighted by Crippen LogP contribution is 2.19. The molecule has 0 aliphatic rings. The van der Waals surface area contributed by atoms with E-state index in [0.717, 1.165) is 16.5 Å². The van der Waals surface area contributed by atoms with Gasteiger partial charge in [-0.2, -0.15) is 0 Å². The quantitative estimate of drug-likeness (QED) is 0.632. The van der Waals surface area contributed by atoms with Crippen LogP contribution in [0.4, 0.5) is 0 Å². The molecule has 0 spiro atoms. The van der Waals surface area contributed by atoms with Gasteiger partial charge < -0.3 is 4.98 Å². The van der Waals surface area contributed by atoms with Crippen molar-refractivity contribution >= 4 is 34.3 Å². The molecule has 23 heavy (non-hydrogen) atoms. The Labute approximate surface area is 137 Å². The maximum Gasteiger partial charge on any atom is 0.286 e. The molecule has 3 N–H and O–H groups in total. The van der Waals surface area contributed by atoms with Crippen molar-refractivity contribution in [3.05, 3.63) is 70.4 Å². The van der Waals surface area contributed by atoms with Crippen LogP contribution in [0.15, 0.2) is 48.5 Å². The Morgan fingerprint density at radius 3 is 2.39 bits per heavy atom. The molecular weight excluding hydrogens is 314 g/mol. The Hall–Kier alpha value is -2.79. The van der Waals surface area contributed by atoms with Gasteiger partial charge in [0.25, 0.3) is 11.8 Å². The summed E-state index contributed by atoms with van der Waals surface area (Å²) in [5.41, 5.74) is 7.44. The number of nitrogens with one attached hydrogen (secondary N) is 3.